The van der Waals surface area contributed by atoms with Crippen LogP contribution in [0, 0.1) is 12.5 Å². The van der Waals surface area contributed by atoms with Crippen molar-refractivity contribution >= 4 is 29.1 Å². The van der Waals surface area contributed by atoms with Gasteiger partial charge in [0.1, 0.15) is 12.1 Å². The maximum atomic E-state index is 13.5. The Hall–Kier alpha value is -4.18. The molecule has 210 valence electrons. The number of carbonyl (C=O) groups is 1. The van der Waals surface area contributed by atoms with Gasteiger partial charge in [-0.1, -0.05) is 6.07 Å². The molecule has 1 saturated heterocycles. The second kappa shape index (κ2) is 10.4. The monoisotopic (exact) mass is 555 g/mol. The van der Waals surface area contributed by atoms with E-state index in [1.807, 2.05) is 0 Å². The quantitative estimate of drug-likeness (QED) is 0.425. The molecule has 4 heterocycles. The van der Waals surface area contributed by atoms with Crippen LogP contribution in [-0.2, 0) is 19.1 Å². The number of oxazole rings is 1. The van der Waals surface area contributed by atoms with Gasteiger partial charge in [0.2, 0.25) is 5.76 Å². The molecule has 13 heteroatoms. The summed E-state index contributed by atoms with van der Waals surface area (Å²) in [7, 11) is 0. The van der Waals surface area contributed by atoms with Crippen LogP contribution in [0.4, 0.5) is 36.4 Å². The fraction of sp³-hybridized carbons (Fsp3) is 0.444. The van der Waals surface area contributed by atoms with E-state index in [9.17, 15) is 23.1 Å². The highest BCUT2D eigenvalue weighted by Gasteiger charge is 2.35. The molecule has 10 nitrogen and oxygen atoms in total. The first-order valence-corrected chi connectivity index (χ1v) is 12.8. The lowest BCUT2D eigenvalue weighted by Gasteiger charge is -2.37. The number of nitrogens with zero attached hydrogens (tertiary/aromatic N) is 6. The summed E-state index contributed by atoms with van der Waals surface area (Å²) in [6.45, 7) is 12.3. The van der Waals surface area contributed by atoms with Crippen LogP contribution in [0.1, 0.15) is 54.1 Å². The fourth-order valence-corrected chi connectivity index (χ4v) is 5.20. The minimum Gasteiger partial charge on any atom is -0.418 e. The second-order valence-corrected chi connectivity index (χ2v) is 10.5. The molecule has 0 aliphatic carbocycles. The summed E-state index contributed by atoms with van der Waals surface area (Å²) in [5.74, 6) is 0.364. The van der Waals surface area contributed by atoms with Crippen molar-refractivity contribution in [3.8, 4) is 0 Å². The summed E-state index contributed by atoms with van der Waals surface area (Å²) in [5.41, 5.74) is -0.449. The Kier molecular flexibility index (Phi) is 7.14. The molecule has 2 aliphatic rings. The van der Waals surface area contributed by atoms with E-state index in [1.54, 1.807) is 23.6 Å². The number of piperidine rings is 1. The van der Waals surface area contributed by atoms with Crippen LogP contribution in [-0.4, -0.2) is 56.1 Å². The number of fused-ring (bicyclic) bond motifs is 1. The molecule has 0 saturated carbocycles. The SMILES string of the molecule is [C-]#[N+]c1ccc(N2CCc3c(ncnc3Nc3ncc(C(=O)N4CCC(C(C)(C)O)CC4)o3)C2)cc1C(F)(F)F. The van der Waals surface area contributed by atoms with Gasteiger partial charge in [0.05, 0.1) is 36.2 Å². The van der Waals surface area contributed by atoms with Crippen molar-refractivity contribution in [2.24, 2.45) is 5.92 Å². The zero-order valence-corrected chi connectivity index (χ0v) is 22.0. The van der Waals surface area contributed by atoms with Crippen LogP contribution < -0.4 is 10.2 Å². The van der Waals surface area contributed by atoms with Crippen LogP contribution in [0.3, 0.4) is 0 Å². The molecule has 40 heavy (non-hydrogen) atoms. The largest absolute Gasteiger partial charge is 0.418 e. The number of aliphatic hydroxyl groups is 1. The van der Waals surface area contributed by atoms with Gasteiger partial charge in [-0.25, -0.2) is 19.8 Å². The Morgan fingerprint density at radius 1 is 1.18 bits per heavy atom. The van der Waals surface area contributed by atoms with Crippen molar-refractivity contribution in [2.45, 2.75) is 51.4 Å². The Balaban J connectivity index is 1.27. The van der Waals surface area contributed by atoms with E-state index >= 15 is 0 Å². The number of anilines is 3. The van der Waals surface area contributed by atoms with Gasteiger partial charge >= 0.3 is 12.2 Å². The first kappa shape index (κ1) is 27.4. The van der Waals surface area contributed by atoms with Crippen molar-refractivity contribution in [1.29, 1.82) is 0 Å². The van der Waals surface area contributed by atoms with Gasteiger partial charge in [0.15, 0.2) is 5.69 Å². The number of hydrogen-bond acceptors (Lipinski definition) is 8. The molecule has 0 spiro atoms. The second-order valence-electron chi connectivity index (χ2n) is 10.5. The average molecular weight is 556 g/mol. The summed E-state index contributed by atoms with van der Waals surface area (Å²) in [4.78, 5) is 32.2. The van der Waals surface area contributed by atoms with Crippen molar-refractivity contribution < 1.29 is 27.5 Å². The molecule has 0 atom stereocenters. The van der Waals surface area contributed by atoms with E-state index in [2.05, 4.69) is 25.1 Å². The number of amides is 1. The highest BCUT2D eigenvalue weighted by atomic mass is 19.4. The number of rotatable bonds is 5. The first-order chi connectivity index (χ1) is 18.9. The van der Waals surface area contributed by atoms with E-state index in [-0.39, 0.29) is 30.1 Å². The topological polar surface area (TPSA) is 112 Å². The van der Waals surface area contributed by atoms with Crippen molar-refractivity contribution in [1.82, 2.24) is 19.9 Å². The van der Waals surface area contributed by atoms with E-state index in [1.165, 1.54) is 24.7 Å². The average Bonchev–Trinajstić information content (AvgIpc) is 3.40. The molecule has 2 N–H and O–H groups in total. The maximum absolute atomic E-state index is 13.5. The number of hydrogen-bond donors (Lipinski definition) is 2. The summed E-state index contributed by atoms with van der Waals surface area (Å²) >= 11 is 0. The number of benzene rings is 1. The van der Waals surface area contributed by atoms with E-state index in [4.69, 9.17) is 11.0 Å². The maximum Gasteiger partial charge on any atom is 0.407 e. The van der Waals surface area contributed by atoms with Gasteiger partial charge < -0.3 is 19.3 Å². The zero-order chi connectivity index (χ0) is 28.7. The molecule has 3 aromatic rings. The molecule has 0 unspecified atom stereocenters. The lowest BCUT2D eigenvalue weighted by molar-refractivity contribution is -0.136. The fourth-order valence-electron chi connectivity index (χ4n) is 5.20. The number of carbonyl (C=O) groups excluding carboxylic acids is 1. The smallest absolute Gasteiger partial charge is 0.407 e. The van der Waals surface area contributed by atoms with E-state index in [0.717, 1.165) is 11.6 Å². The van der Waals surface area contributed by atoms with Crippen LogP contribution in [0.25, 0.3) is 4.85 Å². The highest BCUT2D eigenvalue weighted by Crippen LogP contribution is 2.39. The molecule has 1 fully saturated rings. The number of alkyl halides is 3. The molecule has 5 rings (SSSR count). The lowest BCUT2D eigenvalue weighted by Crippen LogP contribution is -2.44. The minimum atomic E-state index is -4.63. The van der Waals surface area contributed by atoms with Crippen LogP contribution in [0.5, 0.6) is 0 Å². The van der Waals surface area contributed by atoms with Crippen LogP contribution in [0.15, 0.2) is 35.1 Å². The third-order valence-corrected chi connectivity index (χ3v) is 7.50. The van der Waals surface area contributed by atoms with Gasteiger partial charge in [-0.3, -0.25) is 10.1 Å². The van der Waals surface area contributed by atoms with Gasteiger partial charge in [0.25, 0.3) is 5.91 Å². The summed E-state index contributed by atoms with van der Waals surface area (Å²) in [6.07, 6.45) is -0.110. The number of nitrogens with one attached hydrogen (secondary N) is 1. The van der Waals surface area contributed by atoms with Gasteiger partial charge in [-0.05, 0) is 51.2 Å². The Bertz CT molecular complexity index is 1450. The predicted molar refractivity (Wildman–Crippen MR) is 139 cm³/mol. The van der Waals surface area contributed by atoms with Crippen LogP contribution in [0.2, 0.25) is 0 Å². The molecule has 0 bridgehead atoms. The summed E-state index contributed by atoms with van der Waals surface area (Å²) in [6, 6.07) is 3.77. The molecule has 1 amide bonds. The summed E-state index contributed by atoms with van der Waals surface area (Å²) in [5, 5.41) is 13.2. The Labute approximate surface area is 228 Å². The first-order valence-electron chi connectivity index (χ1n) is 12.8. The minimum absolute atomic E-state index is 0.0848. The number of likely N-dealkylation sites (tertiary alicyclic amines) is 1. The standard InChI is InChI=1S/C27H28F3N7O3/c1-26(2,39)16-6-9-36(10-7-16)24(38)22-13-32-25(40-22)35-23-18-8-11-37(14-21(18)33-15-34-23)17-4-5-20(31-3)19(12-17)27(28,29)30/h4-5,12-13,15-16,39H,6-11,14H2,1-2H3,(H,32,33,34,35). The van der Waals surface area contributed by atoms with Crippen LogP contribution >= 0.6 is 0 Å². The predicted octanol–water partition coefficient (Wildman–Crippen LogP) is 4.96. The highest BCUT2D eigenvalue weighted by molar-refractivity contribution is 5.91. The normalized spacial score (nSPS) is 16.4. The van der Waals surface area contributed by atoms with Gasteiger partial charge in [0, 0.05) is 30.9 Å². The van der Waals surface area contributed by atoms with E-state index < -0.39 is 23.0 Å². The number of aromatic nitrogens is 3. The zero-order valence-electron chi connectivity index (χ0n) is 22.0. The lowest BCUT2D eigenvalue weighted by atomic mass is 9.83. The molecule has 1 aromatic carbocycles. The van der Waals surface area contributed by atoms with Crippen molar-refractivity contribution in [2.75, 3.05) is 29.9 Å². The molecular formula is C27H28F3N7O3. The van der Waals surface area contributed by atoms with E-state index in [0.29, 0.717) is 56.1 Å². The third-order valence-electron chi connectivity index (χ3n) is 7.50. The van der Waals surface area contributed by atoms with Crippen molar-refractivity contribution in [3.63, 3.8) is 0 Å². The number of halogens is 3. The molecule has 0 radical (unpaired) electrons. The summed E-state index contributed by atoms with van der Waals surface area (Å²) < 4.78 is 46.1. The Morgan fingerprint density at radius 3 is 2.60 bits per heavy atom. The Morgan fingerprint density at radius 2 is 1.93 bits per heavy atom. The van der Waals surface area contributed by atoms with Crippen molar-refractivity contribution in [3.05, 3.63) is 64.7 Å². The molecule has 2 aliphatic heterocycles. The van der Waals surface area contributed by atoms with Gasteiger partial charge in [-0.15, -0.1) is 0 Å². The van der Waals surface area contributed by atoms with Gasteiger partial charge in [-0.2, -0.15) is 13.2 Å². The molecule has 2 aromatic heterocycles. The molecular weight excluding hydrogens is 527 g/mol. The third kappa shape index (κ3) is 5.58.